The van der Waals surface area contributed by atoms with E-state index in [1.54, 1.807) is 25.1 Å². The second-order valence-corrected chi connectivity index (χ2v) is 10.3. The third-order valence-electron chi connectivity index (χ3n) is 7.30. The summed E-state index contributed by atoms with van der Waals surface area (Å²) in [5.74, 6) is -0.372. The quantitative estimate of drug-likeness (QED) is 0.503. The molecule has 9 heteroatoms. The summed E-state index contributed by atoms with van der Waals surface area (Å²) in [6.45, 7) is 0. The van der Waals surface area contributed by atoms with E-state index in [0.717, 1.165) is 31.2 Å². The molecule has 0 atom stereocenters. The molecule has 2 aliphatic rings. The molecule has 2 fully saturated rings. The summed E-state index contributed by atoms with van der Waals surface area (Å²) in [5.41, 5.74) is 3.99. The molecule has 3 aromatic rings. The van der Waals surface area contributed by atoms with E-state index in [4.69, 9.17) is 16.3 Å². The number of carbonyl (C=O) groups excluding carboxylic acids is 1. The van der Waals surface area contributed by atoms with Crippen molar-refractivity contribution in [1.82, 2.24) is 19.9 Å². The first-order valence-corrected chi connectivity index (χ1v) is 12.4. The summed E-state index contributed by atoms with van der Waals surface area (Å²) >= 11 is 6.56. The lowest BCUT2D eigenvalue weighted by Crippen LogP contribution is -2.43. The summed E-state index contributed by atoms with van der Waals surface area (Å²) in [6, 6.07) is 10.4. The van der Waals surface area contributed by atoms with Gasteiger partial charge < -0.3 is 19.7 Å². The molecule has 2 saturated carbocycles. The topological polar surface area (TPSA) is 108 Å². The molecule has 2 heterocycles. The van der Waals surface area contributed by atoms with E-state index in [1.165, 1.54) is 5.56 Å². The predicted octanol–water partition coefficient (Wildman–Crippen LogP) is 4.88. The second kappa shape index (κ2) is 9.49. The van der Waals surface area contributed by atoms with Gasteiger partial charge in [-0.3, -0.25) is 9.59 Å². The number of ether oxygens (including phenoxy) is 1. The highest BCUT2D eigenvalue weighted by Crippen LogP contribution is 2.37. The summed E-state index contributed by atoms with van der Waals surface area (Å²) < 4.78 is 5.93. The zero-order valence-corrected chi connectivity index (χ0v) is 20.6. The number of H-pyrrole nitrogens is 1. The van der Waals surface area contributed by atoms with Crippen LogP contribution in [0.25, 0.3) is 22.4 Å². The minimum absolute atomic E-state index is 0.00808. The van der Waals surface area contributed by atoms with Crippen molar-refractivity contribution in [2.75, 3.05) is 14.1 Å². The van der Waals surface area contributed by atoms with Crippen molar-refractivity contribution in [1.29, 1.82) is 0 Å². The minimum atomic E-state index is -0.682. The SMILES string of the molecule is CN(C)C(=O)C1CC(Oc2nc3nc(-c4ccc(C5CCC(C(=O)O)CC5)cc4)c(Cl)cc3[nH]2)C1. The molecule has 8 nitrogen and oxygen atoms in total. The van der Waals surface area contributed by atoms with Crippen LogP contribution < -0.4 is 4.74 Å². The van der Waals surface area contributed by atoms with Crippen molar-refractivity contribution in [3.63, 3.8) is 0 Å². The van der Waals surface area contributed by atoms with Crippen molar-refractivity contribution < 1.29 is 19.4 Å². The number of nitrogens with one attached hydrogen (secondary N) is 1. The minimum Gasteiger partial charge on any atom is -0.481 e. The molecule has 1 amide bonds. The standard InChI is InChI=1S/C26H29ClN4O4/c1-31(2)24(32)18-11-19(12-18)35-26-28-21-13-20(27)22(29-23(21)30-26)16-7-3-14(4-8-16)15-5-9-17(10-6-15)25(33)34/h3-4,7-8,13,15,17-19H,5-6,9-12H2,1-2H3,(H,33,34)(H,28,29,30). The Hall–Kier alpha value is -3.13. The number of imidazole rings is 1. The third-order valence-corrected chi connectivity index (χ3v) is 7.59. The Morgan fingerprint density at radius 1 is 1.06 bits per heavy atom. The van der Waals surface area contributed by atoms with Gasteiger partial charge in [-0.2, -0.15) is 4.98 Å². The number of hydrogen-bond acceptors (Lipinski definition) is 5. The number of aromatic amines is 1. The van der Waals surface area contributed by atoms with Crippen LogP contribution in [0.1, 0.15) is 50.0 Å². The van der Waals surface area contributed by atoms with Crippen LogP contribution in [0.4, 0.5) is 0 Å². The maximum absolute atomic E-state index is 12.0. The van der Waals surface area contributed by atoms with Crippen molar-refractivity contribution in [3.8, 4) is 17.3 Å². The molecule has 184 valence electrons. The number of carboxylic acids is 1. The highest BCUT2D eigenvalue weighted by Gasteiger charge is 2.37. The molecule has 2 aromatic heterocycles. The average Bonchev–Trinajstić information content (AvgIpc) is 3.21. The fraction of sp³-hybridized carbons (Fsp3) is 0.462. The molecule has 1 aromatic carbocycles. The van der Waals surface area contributed by atoms with Gasteiger partial charge in [0.25, 0.3) is 6.01 Å². The number of halogens is 1. The number of fused-ring (bicyclic) bond motifs is 1. The fourth-order valence-corrected chi connectivity index (χ4v) is 5.39. The van der Waals surface area contributed by atoms with Crippen LogP contribution in [0, 0.1) is 11.8 Å². The molecular weight excluding hydrogens is 468 g/mol. The van der Waals surface area contributed by atoms with Gasteiger partial charge in [0.15, 0.2) is 5.65 Å². The zero-order chi connectivity index (χ0) is 24.7. The lowest BCUT2D eigenvalue weighted by molar-refractivity contribution is -0.143. The smallest absolute Gasteiger partial charge is 0.306 e. The Labute approximate surface area is 208 Å². The molecule has 0 radical (unpaired) electrons. The molecule has 35 heavy (non-hydrogen) atoms. The van der Waals surface area contributed by atoms with Crippen LogP contribution in [0.2, 0.25) is 5.02 Å². The number of nitrogens with zero attached hydrogens (tertiary/aromatic N) is 3. The number of rotatable bonds is 6. The predicted molar refractivity (Wildman–Crippen MR) is 133 cm³/mol. The number of aliphatic carboxylic acids is 1. The van der Waals surface area contributed by atoms with Crippen molar-refractivity contribution in [2.24, 2.45) is 11.8 Å². The molecule has 0 aliphatic heterocycles. The van der Waals surface area contributed by atoms with E-state index in [0.29, 0.717) is 46.7 Å². The molecule has 0 spiro atoms. The van der Waals surface area contributed by atoms with E-state index in [9.17, 15) is 14.7 Å². The number of amides is 1. The Bertz CT molecular complexity index is 1240. The molecule has 2 N–H and O–H groups in total. The van der Waals surface area contributed by atoms with Crippen LogP contribution in [0.15, 0.2) is 30.3 Å². The number of pyridine rings is 1. The Morgan fingerprint density at radius 2 is 1.74 bits per heavy atom. The first-order chi connectivity index (χ1) is 16.8. The number of aromatic nitrogens is 3. The highest BCUT2D eigenvalue weighted by atomic mass is 35.5. The molecular formula is C26H29ClN4O4. The van der Waals surface area contributed by atoms with Crippen molar-refractivity contribution >= 4 is 34.6 Å². The van der Waals surface area contributed by atoms with Gasteiger partial charge in [0.1, 0.15) is 6.10 Å². The van der Waals surface area contributed by atoms with Crippen LogP contribution in [0.5, 0.6) is 6.01 Å². The van der Waals surface area contributed by atoms with Gasteiger partial charge in [-0.15, -0.1) is 0 Å². The Kier molecular flexibility index (Phi) is 6.40. The van der Waals surface area contributed by atoms with Crippen LogP contribution in [-0.4, -0.2) is 57.0 Å². The van der Waals surface area contributed by atoms with Gasteiger partial charge in [0.05, 0.1) is 22.2 Å². The van der Waals surface area contributed by atoms with Gasteiger partial charge >= 0.3 is 5.97 Å². The van der Waals surface area contributed by atoms with Crippen LogP contribution in [0.3, 0.4) is 0 Å². The average molecular weight is 497 g/mol. The van der Waals surface area contributed by atoms with E-state index in [2.05, 4.69) is 27.1 Å². The molecule has 0 unspecified atom stereocenters. The summed E-state index contributed by atoms with van der Waals surface area (Å²) in [5, 5.41) is 9.74. The maximum Gasteiger partial charge on any atom is 0.306 e. The monoisotopic (exact) mass is 496 g/mol. The number of hydrogen-bond donors (Lipinski definition) is 2. The Morgan fingerprint density at radius 3 is 2.37 bits per heavy atom. The van der Waals surface area contributed by atoms with Gasteiger partial charge in [0, 0.05) is 25.6 Å². The van der Waals surface area contributed by atoms with Gasteiger partial charge in [-0.05, 0) is 56.1 Å². The van der Waals surface area contributed by atoms with Crippen molar-refractivity contribution in [2.45, 2.75) is 50.5 Å². The highest BCUT2D eigenvalue weighted by molar-refractivity contribution is 6.33. The molecule has 0 saturated heterocycles. The van der Waals surface area contributed by atoms with E-state index < -0.39 is 5.97 Å². The lowest BCUT2D eigenvalue weighted by Gasteiger charge is -2.34. The van der Waals surface area contributed by atoms with E-state index in [1.807, 2.05) is 12.1 Å². The molecule has 0 bridgehead atoms. The fourth-order valence-electron chi connectivity index (χ4n) is 5.13. The van der Waals surface area contributed by atoms with Crippen molar-refractivity contribution in [3.05, 3.63) is 40.9 Å². The largest absolute Gasteiger partial charge is 0.481 e. The van der Waals surface area contributed by atoms with Crippen LogP contribution >= 0.6 is 11.6 Å². The number of carbonyl (C=O) groups is 2. The summed E-state index contributed by atoms with van der Waals surface area (Å²) in [4.78, 5) is 37.1. The summed E-state index contributed by atoms with van der Waals surface area (Å²) in [7, 11) is 3.53. The van der Waals surface area contributed by atoms with Crippen LogP contribution in [-0.2, 0) is 9.59 Å². The molecule has 5 rings (SSSR count). The summed E-state index contributed by atoms with van der Waals surface area (Å²) in [6.07, 6.45) is 4.55. The van der Waals surface area contributed by atoms with Gasteiger partial charge in [-0.1, -0.05) is 35.9 Å². The number of carboxylic acid groups (broad SMARTS) is 1. The lowest BCUT2D eigenvalue weighted by atomic mass is 9.78. The normalized spacial score (nSPS) is 24.1. The molecule has 2 aliphatic carbocycles. The second-order valence-electron chi connectivity index (χ2n) is 9.88. The first kappa shape index (κ1) is 23.6. The van der Waals surface area contributed by atoms with E-state index in [-0.39, 0.29) is 23.8 Å². The first-order valence-electron chi connectivity index (χ1n) is 12.1. The van der Waals surface area contributed by atoms with Gasteiger partial charge in [0.2, 0.25) is 5.91 Å². The number of benzene rings is 1. The Balaban J connectivity index is 1.26. The zero-order valence-electron chi connectivity index (χ0n) is 19.8. The third kappa shape index (κ3) is 4.85. The maximum atomic E-state index is 12.0. The van der Waals surface area contributed by atoms with E-state index >= 15 is 0 Å². The van der Waals surface area contributed by atoms with Gasteiger partial charge in [-0.25, -0.2) is 4.98 Å².